The van der Waals surface area contributed by atoms with Gasteiger partial charge in [-0.2, -0.15) is 0 Å². The van der Waals surface area contributed by atoms with Gasteiger partial charge in [0.15, 0.2) is 18.1 Å². The molecule has 6 rings (SSSR count). The quantitative estimate of drug-likeness (QED) is 0.294. The summed E-state index contributed by atoms with van der Waals surface area (Å²) in [7, 11) is 4.82. The minimum absolute atomic E-state index is 0.199. The first kappa shape index (κ1) is 25.1. The molecule has 1 aliphatic heterocycles. The Kier molecular flexibility index (Phi) is 6.35. The van der Waals surface area contributed by atoms with Gasteiger partial charge in [0, 0.05) is 53.1 Å². The van der Waals surface area contributed by atoms with E-state index >= 15 is 0 Å². The molecule has 0 saturated carbocycles. The predicted molar refractivity (Wildman–Crippen MR) is 149 cm³/mol. The zero-order valence-corrected chi connectivity index (χ0v) is 22.1. The van der Waals surface area contributed by atoms with Crippen molar-refractivity contribution in [3.63, 3.8) is 0 Å². The third-order valence-electron chi connectivity index (χ3n) is 6.82. The molecule has 1 amide bonds. The van der Waals surface area contributed by atoms with E-state index in [1.54, 1.807) is 37.6 Å². The van der Waals surface area contributed by atoms with Crippen LogP contribution >= 0.6 is 0 Å². The number of amides is 1. The number of aromatic amines is 1. The van der Waals surface area contributed by atoms with Crippen LogP contribution in [0.1, 0.15) is 15.9 Å². The van der Waals surface area contributed by atoms with E-state index < -0.39 is 5.97 Å². The highest BCUT2D eigenvalue weighted by molar-refractivity contribution is 6.00. The van der Waals surface area contributed by atoms with Crippen molar-refractivity contribution in [2.75, 3.05) is 27.4 Å². The Morgan fingerprint density at radius 3 is 2.77 bits per heavy atom. The second-order valence-corrected chi connectivity index (χ2v) is 9.24. The van der Waals surface area contributed by atoms with Gasteiger partial charge in [-0.1, -0.05) is 6.07 Å². The number of rotatable bonds is 7. The number of hydrogen-bond acceptors (Lipinski definition) is 7. The maximum atomic E-state index is 12.9. The van der Waals surface area contributed by atoms with Gasteiger partial charge in [0.1, 0.15) is 23.6 Å². The van der Waals surface area contributed by atoms with Crippen molar-refractivity contribution in [2.45, 2.75) is 0 Å². The Labute approximate surface area is 229 Å². The number of esters is 1. The first-order chi connectivity index (χ1) is 19.5. The van der Waals surface area contributed by atoms with Crippen molar-refractivity contribution in [1.82, 2.24) is 19.9 Å². The van der Waals surface area contributed by atoms with E-state index in [0.717, 1.165) is 33.2 Å². The first-order valence-corrected chi connectivity index (χ1v) is 12.5. The summed E-state index contributed by atoms with van der Waals surface area (Å²) in [4.78, 5) is 32.8. The van der Waals surface area contributed by atoms with Crippen LogP contribution in [0.5, 0.6) is 17.2 Å². The van der Waals surface area contributed by atoms with E-state index in [1.807, 2.05) is 42.1 Å². The Morgan fingerprint density at radius 2 is 1.98 bits per heavy atom. The minimum Gasteiger partial charge on any atom is -0.493 e. The predicted octanol–water partition coefficient (Wildman–Crippen LogP) is 4.45. The van der Waals surface area contributed by atoms with Crippen LogP contribution in [0.2, 0.25) is 0 Å². The van der Waals surface area contributed by atoms with Crippen molar-refractivity contribution < 1.29 is 28.5 Å². The number of H-pyrrole nitrogens is 1. The lowest BCUT2D eigenvalue weighted by molar-refractivity contribution is -0.121. The molecule has 1 aliphatic rings. The molecule has 0 atom stereocenters. The molecular weight excluding hydrogens is 512 g/mol. The number of aromatic nitrogens is 3. The minimum atomic E-state index is -0.514. The molecule has 0 spiro atoms. The molecule has 4 heterocycles. The van der Waals surface area contributed by atoms with E-state index in [2.05, 4.69) is 21.4 Å². The number of methoxy groups -OCH3 is 2. The summed E-state index contributed by atoms with van der Waals surface area (Å²) in [5.74, 6) is 0.416. The molecule has 0 unspecified atom stereocenters. The fourth-order valence-corrected chi connectivity index (χ4v) is 4.92. The summed E-state index contributed by atoms with van der Waals surface area (Å²) in [5.41, 5.74) is 5.07. The lowest BCUT2D eigenvalue weighted by atomic mass is 10.0. The van der Waals surface area contributed by atoms with Gasteiger partial charge in [-0.25, -0.2) is 9.78 Å². The SMILES string of the molecule is COC(=O)c1cccc2c1OCC=C2NC(=O)COc1cc2c(cc1OC)c(-c1cc3cccnc3[nH]1)cn2C. The van der Waals surface area contributed by atoms with E-state index in [0.29, 0.717) is 34.1 Å². The van der Waals surface area contributed by atoms with Crippen molar-refractivity contribution >= 4 is 39.5 Å². The van der Waals surface area contributed by atoms with Gasteiger partial charge in [-0.15, -0.1) is 0 Å². The number of nitrogens with zero attached hydrogens (tertiary/aromatic N) is 2. The zero-order chi connectivity index (χ0) is 27.8. The molecule has 10 nitrogen and oxygen atoms in total. The fourth-order valence-electron chi connectivity index (χ4n) is 4.92. The summed E-state index contributed by atoms with van der Waals surface area (Å²) in [6.45, 7) is -0.0543. The summed E-state index contributed by atoms with van der Waals surface area (Å²) < 4.78 is 24.1. The smallest absolute Gasteiger partial charge is 0.341 e. The van der Waals surface area contributed by atoms with Gasteiger partial charge < -0.3 is 33.8 Å². The number of carbonyl (C=O) groups excluding carboxylic acids is 2. The third kappa shape index (κ3) is 4.39. The molecule has 2 N–H and O–H groups in total. The maximum absolute atomic E-state index is 12.9. The molecule has 10 heteroatoms. The van der Waals surface area contributed by atoms with Crippen LogP contribution in [0.4, 0.5) is 0 Å². The molecule has 2 aromatic carbocycles. The second kappa shape index (κ2) is 10.1. The van der Waals surface area contributed by atoms with Gasteiger partial charge in [0.2, 0.25) is 0 Å². The average molecular weight is 539 g/mol. The molecule has 3 aromatic heterocycles. The van der Waals surface area contributed by atoms with Crippen LogP contribution in [0.15, 0.2) is 67.0 Å². The number of pyridine rings is 1. The largest absolute Gasteiger partial charge is 0.493 e. The Bertz CT molecular complexity index is 1780. The third-order valence-corrected chi connectivity index (χ3v) is 6.82. The Morgan fingerprint density at radius 1 is 1.10 bits per heavy atom. The number of carbonyl (C=O) groups is 2. The van der Waals surface area contributed by atoms with Crippen molar-refractivity contribution in [2.24, 2.45) is 7.05 Å². The number of nitrogens with one attached hydrogen (secondary N) is 2. The van der Waals surface area contributed by atoms with E-state index in [4.69, 9.17) is 18.9 Å². The van der Waals surface area contributed by atoms with Crippen molar-refractivity contribution in [3.8, 4) is 28.5 Å². The second-order valence-electron chi connectivity index (χ2n) is 9.24. The zero-order valence-electron chi connectivity index (χ0n) is 22.1. The van der Waals surface area contributed by atoms with Gasteiger partial charge in [0.25, 0.3) is 5.91 Å². The monoisotopic (exact) mass is 538 g/mol. The molecular formula is C30H26N4O6. The van der Waals surface area contributed by atoms with E-state index in [9.17, 15) is 9.59 Å². The van der Waals surface area contributed by atoms with E-state index in [1.165, 1.54) is 7.11 Å². The van der Waals surface area contributed by atoms with Crippen LogP contribution in [-0.4, -0.2) is 53.8 Å². The van der Waals surface area contributed by atoms with Crippen LogP contribution in [0.25, 0.3) is 38.9 Å². The standard InChI is InChI=1S/C30H26N4O6/c1-34-15-21(23-12-17-6-5-10-31-29(17)33-23)20-13-25(37-2)26(14-24(20)34)40-16-27(35)32-22-9-11-39-28-18(22)7-4-8-19(28)30(36)38-3/h4-10,12-15H,11,16H2,1-3H3,(H,31,33)(H,32,35). The maximum Gasteiger partial charge on any atom is 0.341 e. The summed E-state index contributed by atoms with van der Waals surface area (Å²) >= 11 is 0. The lowest BCUT2D eigenvalue weighted by Crippen LogP contribution is -2.29. The summed E-state index contributed by atoms with van der Waals surface area (Å²) in [6, 6.07) is 14.8. The van der Waals surface area contributed by atoms with Crippen LogP contribution in [-0.2, 0) is 16.6 Å². The molecule has 0 aliphatic carbocycles. The van der Waals surface area contributed by atoms with Gasteiger partial charge in [-0.3, -0.25) is 4.79 Å². The first-order valence-electron chi connectivity index (χ1n) is 12.5. The van der Waals surface area contributed by atoms with Crippen molar-refractivity contribution in [3.05, 3.63) is 78.1 Å². The highest BCUT2D eigenvalue weighted by Crippen LogP contribution is 2.39. The Hall–Kier alpha value is -5.25. The fraction of sp³-hybridized carbons (Fsp3) is 0.167. The molecule has 0 radical (unpaired) electrons. The number of fused-ring (bicyclic) bond motifs is 3. The van der Waals surface area contributed by atoms with Crippen LogP contribution < -0.4 is 19.5 Å². The number of benzene rings is 2. The van der Waals surface area contributed by atoms with Gasteiger partial charge in [0.05, 0.1) is 25.4 Å². The van der Waals surface area contributed by atoms with Gasteiger partial charge >= 0.3 is 5.97 Å². The number of hydrogen-bond donors (Lipinski definition) is 2. The summed E-state index contributed by atoms with van der Waals surface area (Å²) in [5, 5.41) is 4.85. The van der Waals surface area contributed by atoms with Crippen LogP contribution in [0, 0.1) is 0 Å². The highest BCUT2D eigenvalue weighted by atomic mass is 16.5. The molecule has 202 valence electrons. The summed E-state index contributed by atoms with van der Waals surface area (Å²) in [6.07, 6.45) is 5.52. The number of para-hydroxylation sites is 1. The molecule has 40 heavy (non-hydrogen) atoms. The van der Waals surface area contributed by atoms with Crippen LogP contribution in [0.3, 0.4) is 0 Å². The van der Waals surface area contributed by atoms with Gasteiger partial charge in [-0.05, 0) is 42.5 Å². The number of ether oxygens (including phenoxy) is 4. The molecule has 0 bridgehead atoms. The number of aryl methyl sites for hydroxylation is 1. The Balaban J connectivity index is 1.23. The highest BCUT2D eigenvalue weighted by Gasteiger charge is 2.23. The van der Waals surface area contributed by atoms with E-state index in [-0.39, 0.29) is 19.1 Å². The molecule has 0 fully saturated rings. The normalized spacial score (nSPS) is 12.4. The average Bonchev–Trinajstić information content (AvgIpc) is 3.55. The topological polar surface area (TPSA) is 117 Å². The lowest BCUT2D eigenvalue weighted by Gasteiger charge is -2.21. The van der Waals surface area contributed by atoms with Crippen molar-refractivity contribution in [1.29, 1.82) is 0 Å². The molecule has 0 saturated heterocycles. The molecule has 5 aromatic rings.